The number of nitrogen functional groups attached to an aromatic ring is 1. The Balaban J connectivity index is 1.94. The second kappa shape index (κ2) is 6.91. The molecule has 1 amide bonds. The van der Waals surface area contributed by atoms with Gasteiger partial charge in [-0.1, -0.05) is 6.07 Å². The molecule has 0 unspecified atom stereocenters. The highest BCUT2D eigenvalue weighted by Gasteiger charge is 2.14. The molecular weight excluding hydrogens is 299 g/mol. The molecule has 0 aliphatic heterocycles. The fraction of sp³-hybridized carbons (Fsp3) is 0.176. The van der Waals surface area contributed by atoms with Crippen molar-refractivity contribution in [3.8, 4) is 0 Å². The quantitative estimate of drug-likeness (QED) is 0.671. The lowest BCUT2D eigenvalue weighted by molar-refractivity contribution is -0.119. The summed E-state index contributed by atoms with van der Waals surface area (Å²) in [5, 5.41) is 2.65. The first kappa shape index (κ1) is 16.5. The van der Waals surface area contributed by atoms with Gasteiger partial charge in [0.1, 0.15) is 5.82 Å². The second-order valence-electron chi connectivity index (χ2n) is 5.23. The first-order chi connectivity index (χ1) is 10.8. The van der Waals surface area contributed by atoms with Crippen LogP contribution in [0, 0.1) is 19.7 Å². The molecule has 0 aliphatic rings. The van der Waals surface area contributed by atoms with Crippen molar-refractivity contribution in [1.29, 1.82) is 0 Å². The molecule has 0 spiro atoms. The summed E-state index contributed by atoms with van der Waals surface area (Å²) in [6, 6.07) is 8.94. The number of hydrogen-bond donors (Lipinski definition) is 2. The van der Waals surface area contributed by atoms with Crippen molar-refractivity contribution < 1.29 is 18.7 Å². The minimum atomic E-state index is -0.780. The number of hydrogen-bond acceptors (Lipinski definition) is 4. The zero-order valence-electron chi connectivity index (χ0n) is 12.9. The number of anilines is 2. The lowest BCUT2D eigenvalue weighted by Crippen LogP contribution is -2.21. The molecule has 0 aromatic heterocycles. The molecule has 23 heavy (non-hydrogen) atoms. The van der Waals surface area contributed by atoms with Gasteiger partial charge in [-0.2, -0.15) is 0 Å². The zero-order valence-corrected chi connectivity index (χ0v) is 12.9. The number of ether oxygens (including phenoxy) is 1. The highest BCUT2D eigenvalue weighted by Crippen LogP contribution is 2.15. The molecule has 0 fully saturated rings. The molecule has 0 aliphatic carbocycles. The first-order valence-electron chi connectivity index (χ1n) is 6.95. The Morgan fingerprint density at radius 3 is 2.39 bits per heavy atom. The Kier molecular flexibility index (Phi) is 4.95. The molecule has 0 saturated heterocycles. The van der Waals surface area contributed by atoms with E-state index in [4.69, 9.17) is 10.5 Å². The van der Waals surface area contributed by atoms with E-state index in [-0.39, 0.29) is 11.3 Å². The number of nitrogens with two attached hydrogens (primary N) is 1. The molecule has 0 saturated carbocycles. The highest BCUT2D eigenvalue weighted by atomic mass is 19.1. The minimum absolute atomic E-state index is 0.0191. The van der Waals surface area contributed by atoms with Crippen LogP contribution in [-0.4, -0.2) is 18.5 Å². The lowest BCUT2D eigenvalue weighted by Gasteiger charge is -2.09. The van der Waals surface area contributed by atoms with E-state index in [1.807, 2.05) is 32.0 Å². The Labute approximate surface area is 133 Å². The lowest BCUT2D eigenvalue weighted by atomic mass is 10.1. The van der Waals surface area contributed by atoms with Crippen LogP contribution < -0.4 is 11.1 Å². The summed E-state index contributed by atoms with van der Waals surface area (Å²) in [6.45, 7) is 3.38. The van der Waals surface area contributed by atoms with Crippen LogP contribution in [0.2, 0.25) is 0 Å². The number of carbonyl (C=O) groups excluding carboxylic acids is 2. The summed E-state index contributed by atoms with van der Waals surface area (Å²) in [7, 11) is 0. The highest BCUT2D eigenvalue weighted by molar-refractivity contribution is 5.98. The van der Waals surface area contributed by atoms with Gasteiger partial charge in [0.25, 0.3) is 5.91 Å². The molecule has 0 radical (unpaired) electrons. The van der Waals surface area contributed by atoms with Crippen molar-refractivity contribution >= 4 is 23.3 Å². The number of esters is 1. The third-order valence-corrected chi connectivity index (χ3v) is 3.07. The van der Waals surface area contributed by atoms with Crippen LogP contribution in [0.25, 0.3) is 0 Å². The smallest absolute Gasteiger partial charge is 0.340 e. The van der Waals surface area contributed by atoms with Gasteiger partial charge < -0.3 is 15.8 Å². The molecule has 2 rings (SSSR count). The average Bonchev–Trinajstić information content (AvgIpc) is 2.43. The van der Waals surface area contributed by atoms with Gasteiger partial charge in [0, 0.05) is 11.4 Å². The second-order valence-corrected chi connectivity index (χ2v) is 5.23. The topological polar surface area (TPSA) is 81.4 Å². The molecular formula is C17H17FN2O3. The number of aryl methyl sites for hydroxylation is 2. The summed E-state index contributed by atoms with van der Waals surface area (Å²) >= 11 is 0. The Morgan fingerprint density at radius 1 is 1.13 bits per heavy atom. The van der Waals surface area contributed by atoms with Crippen molar-refractivity contribution in [2.45, 2.75) is 13.8 Å². The number of halogens is 1. The van der Waals surface area contributed by atoms with Crippen LogP contribution in [0.1, 0.15) is 21.5 Å². The van der Waals surface area contributed by atoms with Crippen molar-refractivity contribution in [2.24, 2.45) is 0 Å². The molecule has 6 heteroatoms. The van der Waals surface area contributed by atoms with Gasteiger partial charge >= 0.3 is 5.97 Å². The van der Waals surface area contributed by atoms with Crippen LogP contribution in [0.5, 0.6) is 0 Å². The standard InChI is InChI=1S/C17H17FN2O3/c1-10-5-11(2)7-13(6-10)20-16(21)9-23-17(22)14-4-3-12(18)8-15(14)19/h3-8H,9,19H2,1-2H3,(H,20,21). The van der Waals surface area contributed by atoms with Crippen molar-refractivity contribution in [3.63, 3.8) is 0 Å². The zero-order chi connectivity index (χ0) is 17.0. The average molecular weight is 316 g/mol. The van der Waals surface area contributed by atoms with Crippen LogP contribution in [-0.2, 0) is 9.53 Å². The van der Waals surface area contributed by atoms with Gasteiger partial charge in [-0.05, 0) is 55.3 Å². The molecule has 3 N–H and O–H groups in total. The molecule has 0 bridgehead atoms. The largest absolute Gasteiger partial charge is 0.452 e. The fourth-order valence-electron chi connectivity index (χ4n) is 2.17. The summed E-state index contributed by atoms with van der Waals surface area (Å²) in [6.07, 6.45) is 0. The first-order valence-corrected chi connectivity index (χ1v) is 6.95. The van der Waals surface area contributed by atoms with E-state index < -0.39 is 24.3 Å². The normalized spacial score (nSPS) is 10.2. The van der Waals surface area contributed by atoms with Crippen LogP contribution >= 0.6 is 0 Å². The van der Waals surface area contributed by atoms with Crippen LogP contribution in [0.15, 0.2) is 36.4 Å². The van der Waals surface area contributed by atoms with Gasteiger partial charge in [0.15, 0.2) is 6.61 Å². The Morgan fingerprint density at radius 2 is 1.78 bits per heavy atom. The van der Waals surface area contributed by atoms with Crippen LogP contribution in [0.3, 0.4) is 0 Å². The molecule has 0 heterocycles. The molecule has 2 aromatic rings. The third kappa shape index (κ3) is 4.54. The van der Waals surface area contributed by atoms with E-state index in [0.717, 1.165) is 23.3 Å². The van der Waals surface area contributed by atoms with E-state index in [0.29, 0.717) is 5.69 Å². The van der Waals surface area contributed by atoms with E-state index >= 15 is 0 Å². The maximum atomic E-state index is 12.9. The number of carbonyl (C=O) groups is 2. The van der Waals surface area contributed by atoms with Gasteiger partial charge in [-0.25, -0.2) is 9.18 Å². The predicted molar refractivity (Wildman–Crippen MR) is 85.6 cm³/mol. The van der Waals surface area contributed by atoms with Gasteiger partial charge in [-0.15, -0.1) is 0 Å². The van der Waals surface area contributed by atoms with Crippen molar-refractivity contribution in [1.82, 2.24) is 0 Å². The Hall–Kier alpha value is -2.89. The van der Waals surface area contributed by atoms with Gasteiger partial charge in [0.2, 0.25) is 0 Å². The monoisotopic (exact) mass is 316 g/mol. The maximum Gasteiger partial charge on any atom is 0.340 e. The molecule has 0 atom stereocenters. The summed E-state index contributed by atoms with van der Waals surface area (Å²) in [5.41, 5.74) is 8.18. The third-order valence-electron chi connectivity index (χ3n) is 3.07. The number of rotatable bonds is 4. The van der Waals surface area contributed by atoms with Gasteiger partial charge in [-0.3, -0.25) is 4.79 Å². The van der Waals surface area contributed by atoms with Crippen LogP contribution in [0.4, 0.5) is 15.8 Å². The molecule has 120 valence electrons. The van der Waals surface area contributed by atoms with Crippen molar-refractivity contribution in [3.05, 3.63) is 58.9 Å². The van der Waals surface area contributed by atoms with E-state index in [1.165, 1.54) is 6.07 Å². The number of nitrogens with one attached hydrogen (secondary N) is 1. The number of amides is 1. The fourth-order valence-corrected chi connectivity index (χ4v) is 2.17. The van der Waals surface area contributed by atoms with E-state index in [9.17, 15) is 14.0 Å². The summed E-state index contributed by atoms with van der Waals surface area (Å²) in [5.74, 6) is -1.80. The summed E-state index contributed by atoms with van der Waals surface area (Å²) < 4.78 is 17.8. The summed E-state index contributed by atoms with van der Waals surface area (Å²) in [4.78, 5) is 23.7. The SMILES string of the molecule is Cc1cc(C)cc(NC(=O)COC(=O)c2ccc(F)cc2N)c1. The maximum absolute atomic E-state index is 12.9. The molecule has 5 nitrogen and oxygen atoms in total. The molecule has 2 aromatic carbocycles. The van der Waals surface area contributed by atoms with E-state index in [2.05, 4.69) is 5.32 Å². The van der Waals surface area contributed by atoms with Gasteiger partial charge in [0.05, 0.1) is 5.56 Å². The predicted octanol–water partition coefficient (Wildman–Crippen LogP) is 2.82. The Bertz CT molecular complexity index is 739. The van der Waals surface area contributed by atoms with Crippen molar-refractivity contribution in [2.75, 3.05) is 17.7 Å². The van der Waals surface area contributed by atoms with E-state index in [1.54, 1.807) is 0 Å². The number of benzene rings is 2. The minimum Gasteiger partial charge on any atom is -0.452 e.